The molecule has 1 aliphatic carbocycles. The van der Waals surface area contributed by atoms with Gasteiger partial charge in [-0.05, 0) is 59.7 Å². The molecule has 0 saturated heterocycles. The van der Waals surface area contributed by atoms with E-state index in [4.69, 9.17) is 5.26 Å². The number of fused-ring (bicyclic) bond motifs is 1. The van der Waals surface area contributed by atoms with E-state index in [2.05, 4.69) is 0 Å². The third kappa shape index (κ3) is 3.05. The Bertz CT molecular complexity index is 899. The maximum Gasteiger partial charge on any atom is 0.147 e. The molecule has 0 spiro atoms. The van der Waals surface area contributed by atoms with Gasteiger partial charge in [0.1, 0.15) is 34.9 Å². The molecule has 0 atom stereocenters. The Hall–Kier alpha value is -2.61. The number of benzene rings is 2. The van der Waals surface area contributed by atoms with Crippen molar-refractivity contribution in [2.75, 3.05) is 0 Å². The Morgan fingerprint density at radius 3 is 2.28 bits per heavy atom. The Balaban J connectivity index is 2.10. The first-order valence-electron chi connectivity index (χ1n) is 8.06. The fraction of sp³-hybridized carbons (Fsp3) is 0.250. The summed E-state index contributed by atoms with van der Waals surface area (Å²) in [6.45, 7) is 1.92. The van der Waals surface area contributed by atoms with Crippen LogP contribution in [0.25, 0.3) is 11.6 Å². The van der Waals surface area contributed by atoms with Gasteiger partial charge >= 0.3 is 0 Å². The van der Waals surface area contributed by atoms with Gasteiger partial charge in [0.2, 0.25) is 0 Å². The normalized spacial score (nSPS) is 13.2. The molecule has 0 N–H and O–H groups in total. The summed E-state index contributed by atoms with van der Waals surface area (Å²) in [6, 6.07) is 5.15. The lowest BCUT2D eigenvalue weighted by Crippen LogP contribution is -2.08. The van der Waals surface area contributed by atoms with E-state index in [0.717, 1.165) is 12.5 Å². The molecule has 0 unspecified atom stereocenters. The van der Waals surface area contributed by atoms with Crippen LogP contribution in [-0.4, -0.2) is 0 Å². The molecule has 3 rings (SSSR count). The molecule has 2 aromatic rings. The SMILES string of the molecule is CCCc1cc(F)c(C2=Cc3cc(F)c(C#N)c(F)c3CC2)c(F)c1. The molecule has 1 aliphatic rings. The maximum absolute atomic E-state index is 14.4. The van der Waals surface area contributed by atoms with Crippen molar-refractivity contribution >= 4 is 11.6 Å². The molecule has 0 aromatic heterocycles. The van der Waals surface area contributed by atoms with E-state index in [-0.39, 0.29) is 29.5 Å². The number of allylic oxidation sites excluding steroid dienone is 1. The van der Waals surface area contributed by atoms with Gasteiger partial charge in [-0.1, -0.05) is 19.4 Å². The van der Waals surface area contributed by atoms with E-state index in [1.165, 1.54) is 24.3 Å². The van der Waals surface area contributed by atoms with Crippen LogP contribution in [0, 0.1) is 34.6 Å². The Morgan fingerprint density at radius 1 is 1.00 bits per heavy atom. The molecule has 5 heteroatoms. The summed E-state index contributed by atoms with van der Waals surface area (Å²) in [5.41, 5.74) is 0.562. The smallest absolute Gasteiger partial charge is 0.147 e. The van der Waals surface area contributed by atoms with E-state index in [1.54, 1.807) is 0 Å². The van der Waals surface area contributed by atoms with E-state index in [1.807, 2.05) is 6.92 Å². The molecule has 0 fully saturated rings. The summed E-state index contributed by atoms with van der Waals surface area (Å²) in [5, 5.41) is 8.83. The lowest BCUT2D eigenvalue weighted by Gasteiger charge is -2.19. The number of nitrogens with zero attached hydrogens (tertiary/aromatic N) is 1. The molecule has 0 amide bonds. The first-order valence-corrected chi connectivity index (χ1v) is 8.06. The largest absolute Gasteiger partial charge is 0.206 e. The van der Waals surface area contributed by atoms with Crippen molar-refractivity contribution in [2.45, 2.75) is 32.6 Å². The van der Waals surface area contributed by atoms with Gasteiger partial charge in [-0.15, -0.1) is 0 Å². The van der Waals surface area contributed by atoms with Crippen LogP contribution in [0.4, 0.5) is 17.6 Å². The van der Waals surface area contributed by atoms with Gasteiger partial charge in [0.15, 0.2) is 0 Å². The summed E-state index contributed by atoms with van der Waals surface area (Å²) < 4.78 is 56.8. The van der Waals surface area contributed by atoms with Gasteiger partial charge in [-0.3, -0.25) is 0 Å². The summed E-state index contributed by atoms with van der Waals surface area (Å²) in [4.78, 5) is 0. The minimum atomic E-state index is -0.976. The van der Waals surface area contributed by atoms with E-state index >= 15 is 0 Å². The predicted octanol–water partition coefficient (Wildman–Crippen LogP) is 5.55. The second-order valence-corrected chi connectivity index (χ2v) is 6.08. The second-order valence-electron chi connectivity index (χ2n) is 6.08. The number of aryl methyl sites for hydroxylation is 1. The van der Waals surface area contributed by atoms with Crippen LogP contribution in [0.5, 0.6) is 0 Å². The van der Waals surface area contributed by atoms with Crippen molar-refractivity contribution in [2.24, 2.45) is 0 Å². The highest BCUT2D eigenvalue weighted by Gasteiger charge is 2.24. The highest BCUT2D eigenvalue weighted by atomic mass is 19.1. The van der Waals surface area contributed by atoms with Crippen molar-refractivity contribution in [3.8, 4) is 6.07 Å². The molecule has 0 heterocycles. The fourth-order valence-corrected chi connectivity index (χ4v) is 3.25. The molecule has 128 valence electrons. The lowest BCUT2D eigenvalue weighted by atomic mass is 9.86. The van der Waals surface area contributed by atoms with Crippen molar-refractivity contribution in [3.05, 3.63) is 69.3 Å². The number of hydrogen-bond donors (Lipinski definition) is 0. The van der Waals surface area contributed by atoms with Crippen molar-refractivity contribution in [3.63, 3.8) is 0 Å². The maximum atomic E-state index is 14.4. The first kappa shape index (κ1) is 17.2. The highest BCUT2D eigenvalue weighted by Crippen LogP contribution is 2.36. The Kier molecular flexibility index (Phi) is 4.63. The van der Waals surface area contributed by atoms with Crippen molar-refractivity contribution in [1.82, 2.24) is 0 Å². The van der Waals surface area contributed by atoms with Crippen LogP contribution in [-0.2, 0) is 12.8 Å². The van der Waals surface area contributed by atoms with Crippen molar-refractivity contribution < 1.29 is 17.6 Å². The van der Waals surface area contributed by atoms with E-state index < -0.39 is 28.8 Å². The zero-order valence-corrected chi connectivity index (χ0v) is 13.6. The molecule has 0 saturated carbocycles. The Morgan fingerprint density at radius 2 is 1.68 bits per heavy atom. The second kappa shape index (κ2) is 6.72. The molecule has 2 aromatic carbocycles. The summed E-state index contributed by atoms with van der Waals surface area (Å²) in [6.07, 6.45) is 3.10. The topological polar surface area (TPSA) is 23.8 Å². The van der Waals surface area contributed by atoms with Crippen LogP contribution in [0.3, 0.4) is 0 Å². The minimum Gasteiger partial charge on any atom is -0.206 e. The molecular formula is C20H15F4N. The zero-order valence-electron chi connectivity index (χ0n) is 13.6. The van der Waals surface area contributed by atoms with Gasteiger partial charge in [0.05, 0.1) is 0 Å². The van der Waals surface area contributed by atoms with Gasteiger partial charge in [-0.25, -0.2) is 17.6 Å². The number of nitriles is 1. The van der Waals surface area contributed by atoms with Crippen LogP contribution in [0.1, 0.15) is 47.6 Å². The predicted molar refractivity (Wildman–Crippen MR) is 87.6 cm³/mol. The standard InChI is InChI=1S/C20H15F4N/c1-2-3-11-6-17(22)19(18(23)7-11)12-4-5-14-13(8-12)9-16(21)15(10-25)20(14)24/h6-9H,2-5H2,1H3. The van der Waals surface area contributed by atoms with E-state index in [0.29, 0.717) is 17.6 Å². The fourth-order valence-electron chi connectivity index (χ4n) is 3.25. The zero-order chi connectivity index (χ0) is 18.1. The third-order valence-electron chi connectivity index (χ3n) is 4.40. The molecule has 0 radical (unpaired) electrons. The summed E-state index contributed by atoms with van der Waals surface area (Å²) in [7, 11) is 0. The molecule has 0 bridgehead atoms. The van der Waals surface area contributed by atoms with Gasteiger partial charge in [0, 0.05) is 5.56 Å². The molecule has 25 heavy (non-hydrogen) atoms. The molecular weight excluding hydrogens is 330 g/mol. The first-order chi connectivity index (χ1) is 12.0. The van der Waals surface area contributed by atoms with Crippen LogP contribution in [0.2, 0.25) is 0 Å². The van der Waals surface area contributed by atoms with Gasteiger partial charge in [-0.2, -0.15) is 5.26 Å². The Labute approximate surface area is 143 Å². The lowest BCUT2D eigenvalue weighted by molar-refractivity contribution is 0.562. The van der Waals surface area contributed by atoms with E-state index in [9.17, 15) is 17.6 Å². The minimum absolute atomic E-state index is 0.150. The van der Waals surface area contributed by atoms with Gasteiger partial charge in [0.25, 0.3) is 0 Å². The van der Waals surface area contributed by atoms with Gasteiger partial charge < -0.3 is 0 Å². The number of hydrogen-bond acceptors (Lipinski definition) is 1. The highest BCUT2D eigenvalue weighted by molar-refractivity contribution is 5.85. The summed E-state index contributed by atoms with van der Waals surface area (Å²) in [5.74, 6) is -3.22. The number of rotatable bonds is 3. The molecule has 1 nitrogen and oxygen atoms in total. The molecule has 0 aliphatic heterocycles. The summed E-state index contributed by atoms with van der Waals surface area (Å²) >= 11 is 0. The van der Waals surface area contributed by atoms with Crippen molar-refractivity contribution in [1.29, 1.82) is 5.26 Å². The van der Waals surface area contributed by atoms with Crippen LogP contribution < -0.4 is 0 Å². The number of halogens is 4. The van der Waals surface area contributed by atoms with Crippen LogP contribution >= 0.6 is 0 Å². The monoisotopic (exact) mass is 345 g/mol. The average molecular weight is 345 g/mol. The quantitative estimate of drug-likeness (QED) is 0.669. The average Bonchev–Trinajstić information content (AvgIpc) is 2.54. The van der Waals surface area contributed by atoms with Crippen LogP contribution in [0.15, 0.2) is 18.2 Å². The third-order valence-corrected chi connectivity index (χ3v) is 4.40.